The molecule has 1 amide bonds. The van der Waals surface area contributed by atoms with Gasteiger partial charge in [-0.1, -0.05) is 50.3 Å². The number of hydrogen-bond donors (Lipinski definition) is 0. The molecule has 2 bridgehead atoms. The Kier molecular flexibility index (Phi) is 3.17. The van der Waals surface area contributed by atoms with Crippen molar-refractivity contribution in [2.45, 2.75) is 57.5 Å². The number of piperidine rings is 1. The Labute approximate surface area is 160 Å². The highest BCUT2D eigenvalue weighted by atomic mass is 16.6. The van der Waals surface area contributed by atoms with Crippen LogP contribution in [0.3, 0.4) is 0 Å². The minimum Gasteiger partial charge on any atom is -0.448 e. The molecule has 2 heterocycles. The van der Waals surface area contributed by atoms with E-state index in [-0.39, 0.29) is 17.3 Å². The van der Waals surface area contributed by atoms with E-state index in [2.05, 4.69) is 36.4 Å². The SMILES string of the molecule is CC12CC[C@](C(=O)N3CCC4(C=Cc5ccccc54)CC3)(OC1=O)C2(C)C. The smallest absolute Gasteiger partial charge is 0.313 e. The van der Waals surface area contributed by atoms with Gasteiger partial charge in [-0.05, 0) is 43.7 Å². The number of benzene rings is 1. The van der Waals surface area contributed by atoms with E-state index in [4.69, 9.17) is 4.74 Å². The summed E-state index contributed by atoms with van der Waals surface area (Å²) in [6.45, 7) is 7.45. The van der Waals surface area contributed by atoms with Crippen molar-refractivity contribution >= 4 is 18.0 Å². The van der Waals surface area contributed by atoms with Gasteiger partial charge in [0, 0.05) is 23.9 Å². The van der Waals surface area contributed by atoms with Gasteiger partial charge in [0.25, 0.3) is 5.91 Å². The summed E-state index contributed by atoms with van der Waals surface area (Å²) in [5, 5.41) is 0. The van der Waals surface area contributed by atoms with Crippen molar-refractivity contribution < 1.29 is 14.3 Å². The summed E-state index contributed by atoms with van der Waals surface area (Å²) in [7, 11) is 0. The molecule has 4 aliphatic rings. The first-order chi connectivity index (χ1) is 12.8. The summed E-state index contributed by atoms with van der Waals surface area (Å²) < 4.78 is 5.81. The average Bonchev–Trinajstić information content (AvgIpc) is 3.17. The Bertz CT molecular complexity index is 877. The van der Waals surface area contributed by atoms with Gasteiger partial charge < -0.3 is 9.64 Å². The van der Waals surface area contributed by atoms with Crippen molar-refractivity contribution in [2.75, 3.05) is 13.1 Å². The largest absolute Gasteiger partial charge is 0.448 e. The minimum absolute atomic E-state index is 0.0205. The van der Waals surface area contributed by atoms with Gasteiger partial charge in [0.1, 0.15) is 0 Å². The summed E-state index contributed by atoms with van der Waals surface area (Å²) in [4.78, 5) is 28.0. The summed E-state index contributed by atoms with van der Waals surface area (Å²) in [5.74, 6) is -0.180. The Morgan fingerprint density at radius 1 is 1.04 bits per heavy atom. The first kappa shape index (κ1) is 17.0. The van der Waals surface area contributed by atoms with Gasteiger partial charge in [-0.15, -0.1) is 0 Å². The van der Waals surface area contributed by atoms with Gasteiger partial charge >= 0.3 is 5.97 Å². The highest BCUT2D eigenvalue weighted by Gasteiger charge is 2.76. The van der Waals surface area contributed by atoms with Crippen LogP contribution >= 0.6 is 0 Å². The molecule has 1 aromatic carbocycles. The molecular formula is C23H27NO3. The molecular weight excluding hydrogens is 338 g/mol. The molecule has 0 radical (unpaired) electrons. The minimum atomic E-state index is -0.979. The van der Waals surface area contributed by atoms with E-state index in [1.807, 2.05) is 25.7 Å². The second-order valence-electron chi connectivity index (χ2n) is 9.54. The fourth-order valence-corrected chi connectivity index (χ4v) is 5.96. The van der Waals surface area contributed by atoms with Crippen LogP contribution in [0.15, 0.2) is 30.3 Å². The van der Waals surface area contributed by atoms with Gasteiger partial charge in [-0.2, -0.15) is 0 Å². The van der Waals surface area contributed by atoms with Crippen LogP contribution in [0.2, 0.25) is 0 Å². The summed E-state index contributed by atoms with van der Waals surface area (Å²) in [6, 6.07) is 8.56. The normalized spacial score (nSPS) is 34.8. The maximum absolute atomic E-state index is 13.6. The number of carbonyl (C=O) groups is 2. The summed E-state index contributed by atoms with van der Waals surface area (Å²) >= 11 is 0. The second kappa shape index (κ2) is 5.03. The van der Waals surface area contributed by atoms with Crippen molar-refractivity contribution in [1.29, 1.82) is 0 Å². The third-order valence-electron chi connectivity index (χ3n) is 8.45. The van der Waals surface area contributed by atoms with E-state index in [9.17, 15) is 9.59 Å². The van der Waals surface area contributed by atoms with Crippen molar-refractivity contribution in [2.24, 2.45) is 10.8 Å². The number of amides is 1. The lowest BCUT2D eigenvalue weighted by Gasteiger charge is -2.44. The van der Waals surface area contributed by atoms with Gasteiger partial charge in [-0.3, -0.25) is 9.59 Å². The number of esters is 1. The average molecular weight is 365 g/mol. The van der Waals surface area contributed by atoms with Crippen LogP contribution in [0.4, 0.5) is 0 Å². The van der Waals surface area contributed by atoms with E-state index >= 15 is 0 Å². The van der Waals surface area contributed by atoms with Crippen molar-refractivity contribution in [3.05, 3.63) is 41.5 Å². The molecule has 2 saturated heterocycles. The zero-order chi connectivity index (χ0) is 19.1. The molecule has 2 aliphatic carbocycles. The Balaban J connectivity index is 1.39. The molecule has 4 heteroatoms. The van der Waals surface area contributed by atoms with E-state index < -0.39 is 16.4 Å². The summed E-state index contributed by atoms with van der Waals surface area (Å²) in [5.41, 5.74) is 0.740. The van der Waals surface area contributed by atoms with E-state index in [0.29, 0.717) is 19.5 Å². The highest BCUT2D eigenvalue weighted by molar-refractivity contribution is 5.96. The fourth-order valence-electron chi connectivity index (χ4n) is 5.96. The molecule has 2 aliphatic heterocycles. The standard InChI is InChI=1S/C23H27NO3/c1-20(2)21(3)10-11-23(20,27-19(21)26)18(25)24-14-12-22(13-15-24)9-8-16-6-4-5-7-17(16)22/h4-9H,10-15H2,1-3H3/t21?,23-/m1/s1. The van der Waals surface area contributed by atoms with Crippen LogP contribution in [0, 0.1) is 10.8 Å². The Hall–Kier alpha value is -2.10. The molecule has 1 unspecified atom stereocenters. The predicted octanol–water partition coefficient (Wildman–Crippen LogP) is 3.70. The number of fused-ring (bicyclic) bond motifs is 4. The zero-order valence-electron chi connectivity index (χ0n) is 16.4. The fraction of sp³-hybridized carbons (Fsp3) is 0.565. The summed E-state index contributed by atoms with van der Waals surface area (Å²) in [6.07, 6.45) is 7.77. The Morgan fingerprint density at radius 3 is 2.37 bits per heavy atom. The maximum Gasteiger partial charge on any atom is 0.313 e. The monoisotopic (exact) mass is 365 g/mol. The predicted molar refractivity (Wildman–Crippen MR) is 103 cm³/mol. The van der Waals surface area contributed by atoms with Crippen LogP contribution in [0.1, 0.15) is 57.6 Å². The quantitative estimate of drug-likeness (QED) is 0.713. The molecule has 5 rings (SSSR count). The topological polar surface area (TPSA) is 46.6 Å². The van der Waals surface area contributed by atoms with Crippen molar-refractivity contribution in [3.8, 4) is 0 Å². The van der Waals surface area contributed by atoms with E-state index in [0.717, 1.165) is 19.3 Å². The van der Waals surface area contributed by atoms with Gasteiger partial charge in [0.2, 0.25) is 0 Å². The maximum atomic E-state index is 13.6. The van der Waals surface area contributed by atoms with Gasteiger partial charge in [-0.25, -0.2) is 0 Å². The first-order valence-electron chi connectivity index (χ1n) is 10.1. The third-order valence-corrected chi connectivity index (χ3v) is 8.45. The molecule has 1 saturated carbocycles. The van der Waals surface area contributed by atoms with Crippen molar-refractivity contribution in [3.63, 3.8) is 0 Å². The zero-order valence-corrected chi connectivity index (χ0v) is 16.4. The van der Waals surface area contributed by atoms with E-state index in [1.165, 1.54) is 11.1 Å². The molecule has 4 nitrogen and oxygen atoms in total. The molecule has 0 N–H and O–H groups in total. The van der Waals surface area contributed by atoms with Crippen molar-refractivity contribution in [1.82, 2.24) is 4.90 Å². The van der Waals surface area contributed by atoms with E-state index in [1.54, 1.807) is 0 Å². The van der Waals surface area contributed by atoms with Gasteiger partial charge in [0.05, 0.1) is 5.41 Å². The third kappa shape index (κ3) is 1.84. The molecule has 27 heavy (non-hydrogen) atoms. The van der Waals surface area contributed by atoms with Crippen LogP contribution < -0.4 is 0 Å². The number of rotatable bonds is 1. The number of ether oxygens (including phenoxy) is 1. The number of nitrogens with zero attached hydrogens (tertiary/aromatic N) is 1. The lowest BCUT2D eigenvalue weighted by molar-refractivity contribution is -0.174. The second-order valence-corrected chi connectivity index (χ2v) is 9.54. The molecule has 2 atom stereocenters. The lowest BCUT2D eigenvalue weighted by Crippen LogP contribution is -2.57. The Morgan fingerprint density at radius 2 is 1.74 bits per heavy atom. The number of allylic oxidation sites excluding steroid dienone is 1. The number of likely N-dealkylation sites (tertiary alicyclic amines) is 1. The number of hydrogen-bond acceptors (Lipinski definition) is 3. The number of carbonyl (C=O) groups excluding carboxylic acids is 2. The molecule has 142 valence electrons. The van der Waals surface area contributed by atoms with Gasteiger partial charge in [0.15, 0.2) is 5.60 Å². The van der Waals surface area contributed by atoms with Crippen LogP contribution in [-0.2, 0) is 19.7 Å². The molecule has 1 aromatic rings. The van der Waals surface area contributed by atoms with Crippen LogP contribution in [0.5, 0.6) is 0 Å². The first-order valence-corrected chi connectivity index (χ1v) is 10.1. The molecule has 1 spiro atoms. The molecule has 3 fully saturated rings. The van der Waals surface area contributed by atoms with Crippen LogP contribution in [-0.4, -0.2) is 35.5 Å². The lowest BCUT2D eigenvalue weighted by atomic mass is 9.66. The van der Waals surface area contributed by atoms with Crippen LogP contribution in [0.25, 0.3) is 6.08 Å². The molecule has 0 aromatic heterocycles. The highest BCUT2D eigenvalue weighted by Crippen LogP contribution is 2.66.